The number of carboxylic acids is 1. The number of aryl methyl sites for hydroxylation is 2. The molecule has 0 bridgehead atoms. The highest BCUT2D eigenvalue weighted by Crippen LogP contribution is 2.17. The van der Waals surface area contributed by atoms with Gasteiger partial charge in [-0.15, -0.1) is 0 Å². The Balaban J connectivity index is 0.000000423. The first-order valence-corrected chi connectivity index (χ1v) is 9.17. The summed E-state index contributed by atoms with van der Waals surface area (Å²) < 4.78 is 33.7. The number of carbonyl (C=O) groups is 2. The lowest BCUT2D eigenvalue weighted by molar-refractivity contribution is -0.192. The number of nitrogens with one attached hydrogen (secondary N) is 2. The van der Waals surface area contributed by atoms with Gasteiger partial charge in [-0.05, 0) is 44.5 Å². The number of H-pyrrole nitrogens is 1. The summed E-state index contributed by atoms with van der Waals surface area (Å²) in [7, 11) is 0. The van der Waals surface area contributed by atoms with Crippen LogP contribution in [0.3, 0.4) is 0 Å². The van der Waals surface area contributed by atoms with E-state index in [1.807, 2.05) is 55.8 Å². The van der Waals surface area contributed by atoms with Crippen molar-refractivity contribution < 1.29 is 27.9 Å². The molecule has 3 N–H and O–H groups in total. The van der Waals surface area contributed by atoms with Gasteiger partial charge in [0.15, 0.2) is 0 Å². The molecule has 1 unspecified atom stereocenters. The predicted molar refractivity (Wildman–Crippen MR) is 106 cm³/mol. The summed E-state index contributed by atoms with van der Waals surface area (Å²) in [6.45, 7) is 5.99. The number of aromatic amines is 1. The number of halogens is 3. The summed E-state index contributed by atoms with van der Waals surface area (Å²) in [5.74, 6) is -2.79. The van der Waals surface area contributed by atoms with Crippen LogP contribution in [0.15, 0.2) is 42.9 Å². The van der Waals surface area contributed by atoms with E-state index in [1.54, 1.807) is 12.5 Å². The second kappa shape index (κ2) is 9.92. The van der Waals surface area contributed by atoms with Crippen LogP contribution < -0.4 is 5.32 Å². The summed E-state index contributed by atoms with van der Waals surface area (Å²) in [6, 6.07) is 10.1. The lowest BCUT2D eigenvalue weighted by Gasteiger charge is -2.15. The third kappa shape index (κ3) is 6.98. The van der Waals surface area contributed by atoms with Gasteiger partial charge >= 0.3 is 12.1 Å². The summed E-state index contributed by atoms with van der Waals surface area (Å²) in [4.78, 5) is 27.8. The van der Waals surface area contributed by atoms with Crippen molar-refractivity contribution in [2.24, 2.45) is 0 Å². The fourth-order valence-electron chi connectivity index (χ4n) is 2.72. The minimum Gasteiger partial charge on any atom is -0.475 e. The number of hydrogen-bond acceptors (Lipinski definition) is 4. The zero-order valence-corrected chi connectivity index (χ0v) is 17.1. The number of aliphatic carboxylic acids is 1. The molecule has 0 saturated carbocycles. The Morgan fingerprint density at radius 3 is 2.29 bits per heavy atom. The molecule has 2 aromatic heterocycles. The van der Waals surface area contributed by atoms with E-state index >= 15 is 0 Å². The number of amides is 1. The van der Waals surface area contributed by atoms with Crippen LogP contribution in [0.2, 0.25) is 0 Å². The van der Waals surface area contributed by atoms with Gasteiger partial charge in [0.1, 0.15) is 0 Å². The van der Waals surface area contributed by atoms with Crippen molar-refractivity contribution in [3.05, 3.63) is 65.5 Å². The maximum atomic E-state index is 12.1. The van der Waals surface area contributed by atoms with Crippen molar-refractivity contribution in [2.75, 3.05) is 0 Å². The number of alkyl halides is 3. The fraction of sp³-hybridized carbons (Fsp3) is 0.300. The van der Waals surface area contributed by atoms with Crippen LogP contribution in [-0.2, 0) is 16.0 Å². The van der Waals surface area contributed by atoms with E-state index in [1.165, 1.54) is 0 Å². The van der Waals surface area contributed by atoms with E-state index < -0.39 is 12.1 Å². The average molecular weight is 437 g/mol. The Labute approximate surface area is 176 Å². The van der Waals surface area contributed by atoms with Gasteiger partial charge in [-0.2, -0.15) is 18.3 Å². The van der Waals surface area contributed by atoms with Crippen molar-refractivity contribution in [1.82, 2.24) is 25.1 Å². The summed E-state index contributed by atoms with van der Waals surface area (Å²) in [5, 5.41) is 14.6. The lowest BCUT2D eigenvalue weighted by Crippen LogP contribution is -2.28. The van der Waals surface area contributed by atoms with Crippen molar-refractivity contribution >= 4 is 11.9 Å². The SMILES string of the molecule is Cc1cc(C)n(-c2ccc(C(C)NC(=O)Cc3cnc[nH]3)cc2)n1.O=C(O)C(F)(F)F. The fourth-order valence-corrected chi connectivity index (χ4v) is 2.72. The van der Waals surface area contributed by atoms with E-state index in [2.05, 4.69) is 20.4 Å². The smallest absolute Gasteiger partial charge is 0.475 e. The molecule has 1 amide bonds. The molecule has 0 spiro atoms. The summed E-state index contributed by atoms with van der Waals surface area (Å²) in [5.41, 5.74) is 4.97. The van der Waals surface area contributed by atoms with Gasteiger partial charge in [0.2, 0.25) is 5.91 Å². The van der Waals surface area contributed by atoms with Crippen molar-refractivity contribution in [1.29, 1.82) is 0 Å². The topological polar surface area (TPSA) is 113 Å². The Kier molecular flexibility index (Phi) is 7.56. The monoisotopic (exact) mass is 437 g/mol. The summed E-state index contributed by atoms with van der Waals surface area (Å²) in [6.07, 6.45) is -1.55. The molecule has 1 atom stereocenters. The molecular weight excluding hydrogens is 415 g/mol. The molecule has 166 valence electrons. The van der Waals surface area contributed by atoms with E-state index in [0.717, 1.165) is 28.3 Å². The molecule has 0 saturated heterocycles. The maximum Gasteiger partial charge on any atom is 0.490 e. The normalized spacial score (nSPS) is 11.9. The number of nitrogens with zero attached hydrogens (tertiary/aromatic N) is 3. The van der Waals surface area contributed by atoms with Crippen molar-refractivity contribution in [3.8, 4) is 5.69 Å². The standard InChI is InChI=1S/C18H21N5O.C2HF3O2/c1-12-8-13(2)23(22-12)17-6-4-15(5-7-17)14(3)21-18(24)9-16-10-19-11-20-16;3-2(4,5)1(6)7/h4-8,10-11,14H,9H2,1-3H3,(H,19,20)(H,21,24);(H,6,7). The third-order valence-electron chi connectivity index (χ3n) is 4.17. The molecule has 0 aliphatic heterocycles. The van der Waals surface area contributed by atoms with Gasteiger partial charge in [-0.1, -0.05) is 12.1 Å². The second-order valence-electron chi connectivity index (χ2n) is 6.78. The van der Waals surface area contributed by atoms with Crippen molar-refractivity contribution in [3.63, 3.8) is 0 Å². The molecule has 31 heavy (non-hydrogen) atoms. The molecule has 3 aromatic rings. The molecule has 1 aromatic carbocycles. The molecule has 8 nitrogen and oxygen atoms in total. The third-order valence-corrected chi connectivity index (χ3v) is 4.17. The highest BCUT2D eigenvalue weighted by molar-refractivity contribution is 5.78. The average Bonchev–Trinajstić information content (AvgIpc) is 3.30. The van der Waals surface area contributed by atoms with Crippen molar-refractivity contribution in [2.45, 2.75) is 39.4 Å². The number of benzene rings is 1. The largest absolute Gasteiger partial charge is 0.490 e. The lowest BCUT2D eigenvalue weighted by atomic mass is 10.1. The molecule has 0 aliphatic rings. The molecule has 11 heteroatoms. The number of imidazole rings is 1. The molecule has 2 heterocycles. The number of carboxylic acid groups (broad SMARTS) is 1. The first-order valence-electron chi connectivity index (χ1n) is 9.17. The Morgan fingerprint density at radius 1 is 1.23 bits per heavy atom. The maximum absolute atomic E-state index is 12.1. The number of hydrogen-bond donors (Lipinski definition) is 3. The first-order chi connectivity index (χ1) is 14.5. The van der Waals surface area contributed by atoms with Crippen LogP contribution in [0.5, 0.6) is 0 Å². The molecule has 3 rings (SSSR count). The van der Waals surface area contributed by atoms with Crippen LogP contribution in [0.25, 0.3) is 5.69 Å². The number of rotatable bonds is 5. The van der Waals surface area contributed by atoms with Gasteiger partial charge in [0.05, 0.1) is 30.2 Å². The predicted octanol–water partition coefficient (Wildman–Crippen LogP) is 3.27. The quantitative estimate of drug-likeness (QED) is 0.567. The van der Waals surface area contributed by atoms with Crippen LogP contribution in [0.4, 0.5) is 13.2 Å². The zero-order valence-electron chi connectivity index (χ0n) is 17.1. The molecule has 0 aliphatic carbocycles. The van der Waals surface area contributed by atoms with Gasteiger partial charge in [-0.25, -0.2) is 14.5 Å². The van der Waals surface area contributed by atoms with Crippen LogP contribution in [0.1, 0.15) is 35.6 Å². The van der Waals surface area contributed by atoms with E-state index in [-0.39, 0.29) is 11.9 Å². The second-order valence-corrected chi connectivity index (χ2v) is 6.78. The minimum atomic E-state index is -5.08. The molecule has 0 fully saturated rings. The van der Waals surface area contributed by atoms with Gasteiger partial charge in [-0.3, -0.25) is 4.79 Å². The molecular formula is C20H22F3N5O3. The highest BCUT2D eigenvalue weighted by atomic mass is 19.4. The van der Waals surface area contributed by atoms with Gasteiger partial charge in [0.25, 0.3) is 0 Å². The van der Waals surface area contributed by atoms with E-state index in [0.29, 0.717) is 6.42 Å². The zero-order chi connectivity index (χ0) is 23.2. The van der Waals surface area contributed by atoms with E-state index in [4.69, 9.17) is 9.90 Å². The van der Waals surface area contributed by atoms with Crippen LogP contribution in [0, 0.1) is 13.8 Å². The Morgan fingerprint density at radius 2 is 1.84 bits per heavy atom. The minimum absolute atomic E-state index is 0.0330. The van der Waals surface area contributed by atoms with Gasteiger partial charge < -0.3 is 15.4 Å². The molecule has 0 radical (unpaired) electrons. The Hall–Kier alpha value is -3.63. The van der Waals surface area contributed by atoms with Crippen LogP contribution in [-0.4, -0.2) is 42.9 Å². The summed E-state index contributed by atoms with van der Waals surface area (Å²) >= 11 is 0. The van der Waals surface area contributed by atoms with E-state index in [9.17, 15) is 18.0 Å². The van der Waals surface area contributed by atoms with Crippen LogP contribution >= 0.6 is 0 Å². The highest BCUT2D eigenvalue weighted by Gasteiger charge is 2.38. The number of carbonyl (C=O) groups excluding carboxylic acids is 1. The van der Waals surface area contributed by atoms with Gasteiger partial charge in [0, 0.05) is 17.6 Å². The Bertz CT molecular complexity index is 1010. The number of aromatic nitrogens is 4. The first kappa shape index (κ1) is 23.6.